The van der Waals surface area contributed by atoms with Crippen molar-refractivity contribution >= 4 is 11.6 Å². The Labute approximate surface area is 103 Å². The highest BCUT2D eigenvalue weighted by Crippen LogP contribution is 2.19. The molecule has 0 spiro atoms. The van der Waals surface area contributed by atoms with Gasteiger partial charge in [0, 0.05) is 13.0 Å². The van der Waals surface area contributed by atoms with Crippen LogP contribution in [0.2, 0.25) is 0 Å². The SMILES string of the molecule is COCCc1ccc(OCCCCl)c(C)c1. The Balaban J connectivity index is 2.53. The van der Waals surface area contributed by atoms with Crippen LogP contribution in [-0.2, 0) is 11.2 Å². The third-order valence-electron chi connectivity index (χ3n) is 2.37. The maximum absolute atomic E-state index is 5.62. The molecule has 0 amide bonds. The van der Waals surface area contributed by atoms with Gasteiger partial charge in [0.2, 0.25) is 0 Å². The van der Waals surface area contributed by atoms with E-state index in [4.69, 9.17) is 21.1 Å². The summed E-state index contributed by atoms with van der Waals surface area (Å²) in [5.74, 6) is 1.59. The van der Waals surface area contributed by atoms with E-state index >= 15 is 0 Å². The van der Waals surface area contributed by atoms with E-state index in [9.17, 15) is 0 Å². The molecule has 0 radical (unpaired) electrons. The summed E-state index contributed by atoms with van der Waals surface area (Å²) < 4.78 is 10.7. The number of halogens is 1. The molecule has 0 bridgehead atoms. The molecule has 0 saturated heterocycles. The van der Waals surface area contributed by atoms with Crippen LogP contribution < -0.4 is 4.74 Å². The van der Waals surface area contributed by atoms with Gasteiger partial charge >= 0.3 is 0 Å². The minimum absolute atomic E-state index is 0.644. The van der Waals surface area contributed by atoms with Gasteiger partial charge in [0.15, 0.2) is 0 Å². The minimum atomic E-state index is 0.644. The summed E-state index contributed by atoms with van der Waals surface area (Å²) in [6.07, 6.45) is 1.83. The van der Waals surface area contributed by atoms with Crippen LogP contribution in [-0.4, -0.2) is 26.2 Å². The molecule has 16 heavy (non-hydrogen) atoms. The number of methoxy groups -OCH3 is 1. The summed E-state index contributed by atoms with van der Waals surface area (Å²) in [5, 5.41) is 0. The highest BCUT2D eigenvalue weighted by atomic mass is 35.5. The van der Waals surface area contributed by atoms with Crippen molar-refractivity contribution < 1.29 is 9.47 Å². The molecule has 0 N–H and O–H groups in total. The zero-order valence-corrected chi connectivity index (χ0v) is 10.7. The van der Waals surface area contributed by atoms with Crippen LogP contribution in [0.5, 0.6) is 5.75 Å². The van der Waals surface area contributed by atoms with Gasteiger partial charge in [-0.3, -0.25) is 0 Å². The van der Waals surface area contributed by atoms with Crippen LogP contribution in [0, 0.1) is 6.92 Å². The van der Waals surface area contributed by atoms with Crippen LogP contribution >= 0.6 is 11.6 Å². The Morgan fingerprint density at radius 1 is 1.25 bits per heavy atom. The Kier molecular flexibility index (Phi) is 6.27. The molecule has 0 atom stereocenters. The number of alkyl halides is 1. The molecule has 0 aliphatic carbocycles. The molecule has 0 heterocycles. The van der Waals surface area contributed by atoms with Crippen LogP contribution in [0.3, 0.4) is 0 Å². The Morgan fingerprint density at radius 2 is 2.06 bits per heavy atom. The molecule has 1 rings (SSSR count). The van der Waals surface area contributed by atoms with Gasteiger partial charge in [-0.05, 0) is 37.0 Å². The smallest absolute Gasteiger partial charge is 0.122 e. The molecule has 1 aromatic carbocycles. The number of hydrogen-bond acceptors (Lipinski definition) is 2. The van der Waals surface area contributed by atoms with Gasteiger partial charge in [-0.1, -0.05) is 12.1 Å². The van der Waals surface area contributed by atoms with E-state index in [0.717, 1.165) is 25.2 Å². The molecular formula is C13H19ClO2. The summed E-state index contributed by atoms with van der Waals surface area (Å²) in [5.41, 5.74) is 2.45. The number of benzene rings is 1. The second-order valence-corrected chi connectivity index (χ2v) is 4.11. The Morgan fingerprint density at radius 3 is 2.69 bits per heavy atom. The highest BCUT2D eigenvalue weighted by molar-refractivity contribution is 6.17. The highest BCUT2D eigenvalue weighted by Gasteiger charge is 2.01. The van der Waals surface area contributed by atoms with E-state index in [-0.39, 0.29) is 0 Å². The molecule has 3 heteroatoms. The molecule has 0 fully saturated rings. The van der Waals surface area contributed by atoms with Crippen LogP contribution in [0.25, 0.3) is 0 Å². The van der Waals surface area contributed by atoms with Crippen molar-refractivity contribution in [2.24, 2.45) is 0 Å². The van der Waals surface area contributed by atoms with E-state index in [1.165, 1.54) is 11.1 Å². The van der Waals surface area contributed by atoms with Crippen molar-refractivity contribution in [2.45, 2.75) is 19.8 Å². The normalized spacial score (nSPS) is 10.4. The topological polar surface area (TPSA) is 18.5 Å². The quantitative estimate of drug-likeness (QED) is 0.540. The number of rotatable bonds is 7. The lowest BCUT2D eigenvalue weighted by Gasteiger charge is -2.10. The molecule has 0 aliphatic heterocycles. The molecule has 0 aromatic heterocycles. The lowest BCUT2D eigenvalue weighted by Crippen LogP contribution is -2.00. The van der Waals surface area contributed by atoms with E-state index in [2.05, 4.69) is 19.1 Å². The first kappa shape index (κ1) is 13.3. The average Bonchev–Trinajstić information content (AvgIpc) is 2.29. The second kappa shape index (κ2) is 7.53. The van der Waals surface area contributed by atoms with Crippen LogP contribution in [0.15, 0.2) is 18.2 Å². The van der Waals surface area contributed by atoms with Crippen LogP contribution in [0.1, 0.15) is 17.5 Å². The van der Waals surface area contributed by atoms with Gasteiger partial charge in [0.05, 0.1) is 13.2 Å². The predicted octanol–water partition coefficient (Wildman–Crippen LogP) is 3.19. The molecule has 1 aromatic rings. The van der Waals surface area contributed by atoms with Crippen molar-refractivity contribution in [3.63, 3.8) is 0 Å². The molecule has 2 nitrogen and oxygen atoms in total. The van der Waals surface area contributed by atoms with Crippen molar-refractivity contribution in [3.05, 3.63) is 29.3 Å². The number of aryl methyl sites for hydroxylation is 1. The molecule has 90 valence electrons. The maximum Gasteiger partial charge on any atom is 0.122 e. The average molecular weight is 243 g/mol. The first-order valence-electron chi connectivity index (χ1n) is 5.55. The van der Waals surface area contributed by atoms with Gasteiger partial charge in [0.25, 0.3) is 0 Å². The zero-order valence-electron chi connectivity index (χ0n) is 9.96. The van der Waals surface area contributed by atoms with Gasteiger partial charge in [-0.15, -0.1) is 11.6 Å². The predicted molar refractivity (Wildman–Crippen MR) is 67.6 cm³/mol. The molecular weight excluding hydrogens is 224 g/mol. The standard InChI is InChI=1S/C13H19ClO2/c1-11-10-12(6-9-15-2)4-5-13(11)16-8-3-7-14/h4-5,10H,3,6-9H2,1-2H3. The molecule has 0 unspecified atom stereocenters. The minimum Gasteiger partial charge on any atom is -0.493 e. The lowest BCUT2D eigenvalue weighted by atomic mass is 10.1. The molecule has 0 saturated carbocycles. The second-order valence-electron chi connectivity index (χ2n) is 3.73. The van der Waals surface area contributed by atoms with Gasteiger partial charge in [-0.2, -0.15) is 0 Å². The first-order chi connectivity index (χ1) is 7.77. The Bertz CT molecular complexity index is 313. The maximum atomic E-state index is 5.62. The fourth-order valence-corrected chi connectivity index (χ4v) is 1.59. The third-order valence-corrected chi connectivity index (χ3v) is 2.64. The third kappa shape index (κ3) is 4.42. The van der Waals surface area contributed by atoms with Crippen molar-refractivity contribution in [1.29, 1.82) is 0 Å². The summed E-state index contributed by atoms with van der Waals surface area (Å²) >= 11 is 5.60. The van der Waals surface area contributed by atoms with Crippen molar-refractivity contribution in [2.75, 3.05) is 26.2 Å². The Hall–Kier alpha value is -0.730. The van der Waals surface area contributed by atoms with Gasteiger partial charge in [0.1, 0.15) is 5.75 Å². The van der Waals surface area contributed by atoms with E-state index in [0.29, 0.717) is 12.5 Å². The van der Waals surface area contributed by atoms with Gasteiger partial charge in [-0.25, -0.2) is 0 Å². The monoisotopic (exact) mass is 242 g/mol. The fourth-order valence-electron chi connectivity index (χ4n) is 1.49. The van der Waals surface area contributed by atoms with E-state index in [1.54, 1.807) is 7.11 Å². The zero-order chi connectivity index (χ0) is 11.8. The van der Waals surface area contributed by atoms with E-state index in [1.807, 2.05) is 6.07 Å². The fraction of sp³-hybridized carbons (Fsp3) is 0.538. The summed E-state index contributed by atoms with van der Waals surface area (Å²) in [6.45, 7) is 3.50. The van der Waals surface area contributed by atoms with Crippen LogP contribution in [0.4, 0.5) is 0 Å². The van der Waals surface area contributed by atoms with Gasteiger partial charge < -0.3 is 9.47 Å². The number of hydrogen-bond donors (Lipinski definition) is 0. The van der Waals surface area contributed by atoms with Crippen molar-refractivity contribution in [1.82, 2.24) is 0 Å². The van der Waals surface area contributed by atoms with E-state index < -0.39 is 0 Å². The largest absolute Gasteiger partial charge is 0.493 e. The first-order valence-corrected chi connectivity index (χ1v) is 6.08. The number of ether oxygens (including phenoxy) is 2. The summed E-state index contributed by atoms with van der Waals surface area (Å²) in [7, 11) is 1.72. The lowest BCUT2D eigenvalue weighted by molar-refractivity contribution is 0.202. The van der Waals surface area contributed by atoms with Crippen molar-refractivity contribution in [3.8, 4) is 5.75 Å². The summed E-state index contributed by atoms with van der Waals surface area (Å²) in [6, 6.07) is 6.26. The molecule has 0 aliphatic rings. The summed E-state index contributed by atoms with van der Waals surface area (Å²) in [4.78, 5) is 0.